The van der Waals surface area contributed by atoms with Crippen LogP contribution in [0.2, 0.25) is 0 Å². The lowest BCUT2D eigenvalue weighted by atomic mass is 9.84. The standard InChI is InChI=1S/C32H31F3N/c1-19-15-20(2)21(3)29(16-19)30-28-12-11-25-24-9-7-22(18-31(4,5)32(33,34)35)17-23(24)8-10-26(25)27(28)13-14-36(30)6/h7-17H,18H2,1-6H3/q+1. The van der Waals surface area contributed by atoms with E-state index in [9.17, 15) is 13.2 Å². The summed E-state index contributed by atoms with van der Waals surface area (Å²) in [7, 11) is 2.08. The Bertz CT molecular complexity index is 1660. The molecule has 0 atom stereocenters. The molecule has 4 aromatic carbocycles. The molecular formula is C32H31F3N+. The molecule has 184 valence electrons. The lowest BCUT2D eigenvalue weighted by Gasteiger charge is -2.27. The van der Waals surface area contributed by atoms with Gasteiger partial charge in [0.2, 0.25) is 5.69 Å². The molecule has 0 unspecified atom stereocenters. The highest BCUT2D eigenvalue weighted by Gasteiger charge is 2.46. The number of alkyl halides is 3. The van der Waals surface area contributed by atoms with Crippen molar-refractivity contribution in [1.29, 1.82) is 0 Å². The Morgan fingerprint density at radius 1 is 0.722 bits per heavy atom. The summed E-state index contributed by atoms with van der Waals surface area (Å²) in [5.74, 6) is 0. The predicted octanol–water partition coefficient (Wildman–Crippen LogP) is 8.69. The van der Waals surface area contributed by atoms with Crippen LogP contribution < -0.4 is 4.57 Å². The lowest BCUT2D eigenvalue weighted by Crippen LogP contribution is -2.34. The van der Waals surface area contributed by atoms with Gasteiger partial charge in [0.05, 0.1) is 16.4 Å². The number of aryl methyl sites for hydroxylation is 3. The quantitative estimate of drug-likeness (QED) is 0.177. The monoisotopic (exact) mass is 486 g/mol. The van der Waals surface area contributed by atoms with E-state index in [2.05, 4.69) is 75.0 Å². The Kier molecular flexibility index (Phi) is 5.62. The molecule has 0 bridgehead atoms. The van der Waals surface area contributed by atoms with Gasteiger partial charge in [-0.2, -0.15) is 13.2 Å². The molecule has 0 saturated heterocycles. The number of aromatic nitrogens is 1. The summed E-state index contributed by atoms with van der Waals surface area (Å²) in [6, 6.07) is 20.8. The largest absolute Gasteiger partial charge is 0.394 e. The minimum Gasteiger partial charge on any atom is -0.200 e. The Balaban J connectivity index is 1.70. The van der Waals surface area contributed by atoms with Crippen molar-refractivity contribution in [1.82, 2.24) is 0 Å². The molecule has 0 radical (unpaired) electrons. The third-order valence-electron chi connectivity index (χ3n) is 7.68. The van der Waals surface area contributed by atoms with Gasteiger partial charge in [-0.25, -0.2) is 4.57 Å². The van der Waals surface area contributed by atoms with E-state index in [-0.39, 0.29) is 6.42 Å². The summed E-state index contributed by atoms with van der Waals surface area (Å²) in [6.45, 7) is 8.99. The fourth-order valence-corrected chi connectivity index (χ4v) is 5.40. The average Bonchev–Trinajstić information content (AvgIpc) is 2.79. The summed E-state index contributed by atoms with van der Waals surface area (Å²) < 4.78 is 42.5. The molecule has 1 heterocycles. The van der Waals surface area contributed by atoms with Gasteiger partial charge in [-0.05, 0) is 77.6 Å². The average molecular weight is 487 g/mol. The topological polar surface area (TPSA) is 3.88 Å². The van der Waals surface area contributed by atoms with Crippen LogP contribution in [0.1, 0.15) is 36.1 Å². The number of fused-ring (bicyclic) bond motifs is 5. The van der Waals surface area contributed by atoms with Crippen LogP contribution in [0.3, 0.4) is 0 Å². The minimum absolute atomic E-state index is 0.0443. The Hall–Kier alpha value is -3.40. The van der Waals surface area contributed by atoms with Crippen molar-refractivity contribution in [2.24, 2.45) is 12.5 Å². The fraction of sp³-hybridized carbons (Fsp3) is 0.281. The number of nitrogens with zero attached hydrogens (tertiary/aromatic N) is 1. The lowest BCUT2D eigenvalue weighted by molar-refractivity contribution is -0.659. The number of pyridine rings is 1. The van der Waals surface area contributed by atoms with Crippen LogP contribution in [-0.2, 0) is 13.5 Å². The molecule has 1 nitrogen and oxygen atoms in total. The maximum atomic E-state index is 13.4. The zero-order valence-electron chi connectivity index (χ0n) is 21.6. The summed E-state index contributed by atoms with van der Waals surface area (Å²) in [6.07, 6.45) is -2.18. The Morgan fingerprint density at radius 3 is 2.06 bits per heavy atom. The third-order valence-corrected chi connectivity index (χ3v) is 7.68. The molecule has 4 heteroatoms. The molecule has 0 N–H and O–H groups in total. The normalized spacial score (nSPS) is 12.7. The van der Waals surface area contributed by atoms with E-state index in [0.29, 0.717) is 5.56 Å². The first kappa shape index (κ1) is 24.3. The predicted molar refractivity (Wildman–Crippen MR) is 143 cm³/mol. The zero-order chi connectivity index (χ0) is 26.0. The van der Waals surface area contributed by atoms with E-state index in [4.69, 9.17) is 0 Å². The van der Waals surface area contributed by atoms with E-state index >= 15 is 0 Å². The molecular weight excluding hydrogens is 455 g/mol. The SMILES string of the molecule is Cc1cc(C)c(C)c(-c2c3ccc4c5ccc(CC(C)(C)C(F)(F)F)cc5ccc4c3cc[n+]2C)c1. The van der Waals surface area contributed by atoms with Crippen LogP contribution >= 0.6 is 0 Å². The second-order valence-electron chi connectivity index (χ2n) is 10.8. The van der Waals surface area contributed by atoms with Gasteiger partial charge >= 0.3 is 6.18 Å². The van der Waals surface area contributed by atoms with Crippen LogP contribution in [0, 0.1) is 26.2 Å². The second kappa shape index (κ2) is 8.33. The zero-order valence-corrected chi connectivity index (χ0v) is 21.6. The molecule has 5 rings (SSSR count). The molecule has 1 aromatic heterocycles. The first-order chi connectivity index (χ1) is 16.9. The van der Waals surface area contributed by atoms with Crippen LogP contribution in [0.5, 0.6) is 0 Å². The van der Waals surface area contributed by atoms with Crippen molar-refractivity contribution in [3.63, 3.8) is 0 Å². The molecule has 0 aliphatic carbocycles. The smallest absolute Gasteiger partial charge is 0.200 e. The van der Waals surface area contributed by atoms with Crippen molar-refractivity contribution < 1.29 is 17.7 Å². The van der Waals surface area contributed by atoms with Crippen molar-refractivity contribution in [3.8, 4) is 11.3 Å². The van der Waals surface area contributed by atoms with Gasteiger partial charge in [-0.15, -0.1) is 0 Å². The van der Waals surface area contributed by atoms with Gasteiger partial charge in [-0.3, -0.25) is 0 Å². The highest BCUT2D eigenvalue weighted by atomic mass is 19.4. The van der Waals surface area contributed by atoms with E-state index in [1.807, 2.05) is 24.3 Å². The van der Waals surface area contributed by atoms with Crippen molar-refractivity contribution in [3.05, 3.63) is 89.1 Å². The van der Waals surface area contributed by atoms with Gasteiger partial charge in [0, 0.05) is 11.5 Å². The van der Waals surface area contributed by atoms with Gasteiger partial charge in [0.25, 0.3) is 0 Å². The number of halogens is 3. The van der Waals surface area contributed by atoms with Gasteiger partial charge in [0.15, 0.2) is 6.20 Å². The maximum Gasteiger partial charge on any atom is 0.394 e. The van der Waals surface area contributed by atoms with Crippen LogP contribution in [0.25, 0.3) is 43.6 Å². The first-order valence-corrected chi connectivity index (χ1v) is 12.3. The highest BCUT2D eigenvalue weighted by molar-refractivity contribution is 6.18. The van der Waals surface area contributed by atoms with Gasteiger partial charge < -0.3 is 0 Å². The number of hydrogen-bond donors (Lipinski definition) is 0. The fourth-order valence-electron chi connectivity index (χ4n) is 5.40. The highest BCUT2D eigenvalue weighted by Crippen LogP contribution is 2.41. The summed E-state index contributed by atoms with van der Waals surface area (Å²) >= 11 is 0. The molecule has 5 aromatic rings. The summed E-state index contributed by atoms with van der Waals surface area (Å²) in [5.41, 5.74) is 5.13. The molecule has 0 aliphatic rings. The molecule has 0 fully saturated rings. The van der Waals surface area contributed by atoms with Crippen LogP contribution in [0.15, 0.2) is 66.9 Å². The number of benzene rings is 4. The van der Waals surface area contributed by atoms with E-state index in [1.165, 1.54) is 52.6 Å². The molecule has 36 heavy (non-hydrogen) atoms. The van der Waals surface area contributed by atoms with Crippen molar-refractivity contribution in [2.75, 3.05) is 0 Å². The van der Waals surface area contributed by atoms with Crippen molar-refractivity contribution >= 4 is 32.3 Å². The van der Waals surface area contributed by atoms with Gasteiger partial charge in [-0.1, -0.05) is 61.9 Å². The van der Waals surface area contributed by atoms with Crippen LogP contribution in [0.4, 0.5) is 13.2 Å². The summed E-state index contributed by atoms with van der Waals surface area (Å²) in [5, 5.41) is 6.63. The van der Waals surface area contributed by atoms with Gasteiger partial charge in [0.1, 0.15) is 7.05 Å². The Labute approximate surface area is 210 Å². The second-order valence-corrected chi connectivity index (χ2v) is 10.8. The van der Waals surface area contributed by atoms with E-state index < -0.39 is 11.6 Å². The first-order valence-electron chi connectivity index (χ1n) is 12.3. The maximum absolute atomic E-state index is 13.4. The molecule has 0 saturated carbocycles. The van der Waals surface area contributed by atoms with Crippen LogP contribution in [-0.4, -0.2) is 6.18 Å². The molecule has 0 spiro atoms. The van der Waals surface area contributed by atoms with Crippen molar-refractivity contribution in [2.45, 2.75) is 47.2 Å². The summed E-state index contributed by atoms with van der Waals surface area (Å²) in [4.78, 5) is 0. The van der Waals surface area contributed by atoms with E-state index in [0.717, 1.165) is 21.5 Å². The van der Waals surface area contributed by atoms with E-state index in [1.54, 1.807) is 0 Å². The number of rotatable bonds is 3. The Morgan fingerprint density at radius 2 is 1.33 bits per heavy atom. The molecule has 0 amide bonds. The third kappa shape index (κ3) is 3.93. The number of hydrogen-bond acceptors (Lipinski definition) is 0. The minimum atomic E-state index is -4.24. The molecule has 0 aliphatic heterocycles.